The molecule has 0 saturated heterocycles. The van der Waals surface area contributed by atoms with Crippen LogP contribution in [0.25, 0.3) is 0 Å². The molecule has 8 heteroatoms. The van der Waals surface area contributed by atoms with Crippen LogP contribution in [0.2, 0.25) is 0 Å². The number of amides is 1. The van der Waals surface area contributed by atoms with Crippen molar-refractivity contribution in [2.75, 3.05) is 15.9 Å². The normalized spacial score (nSPS) is 12.5. The number of rotatable bonds is 6. The zero-order valence-electron chi connectivity index (χ0n) is 13.7. The quantitative estimate of drug-likeness (QED) is 0.648. The monoisotopic (exact) mass is 476 g/mol. The van der Waals surface area contributed by atoms with Crippen LogP contribution in [0, 0.1) is 9.39 Å². The highest BCUT2D eigenvalue weighted by atomic mass is 127. The molecule has 0 heterocycles. The summed E-state index contributed by atoms with van der Waals surface area (Å²) in [6.45, 7) is 1.72. The third-order valence-corrected chi connectivity index (χ3v) is 5.42. The van der Waals surface area contributed by atoms with Crippen molar-refractivity contribution in [2.45, 2.75) is 19.4 Å². The van der Waals surface area contributed by atoms with Gasteiger partial charge in [0.25, 0.3) is 0 Å². The summed E-state index contributed by atoms with van der Waals surface area (Å²) in [6.07, 6.45) is 1.29. The molecule has 5 nitrogen and oxygen atoms in total. The van der Waals surface area contributed by atoms with E-state index in [0.29, 0.717) is 5.69 Å². The van der Waals surface area contributed by atoms with Crippen LogP contribution < -0.4 is 9.62 Å². The van der Waals surface area contributed by atoms with Gasteiger partial charge in [-0.3, -0.25) is 9.10 Å². The van der Waals surface area contributed by atoms with Gasteiger partial charge in [0, 0.05) is 9.26 Å². The summed E-state index contributed by atoms with van der Waals surface area (Å²) in [5.41, 5.74) is 0.824. The molecule has 2 aromatic carbocycles. The lowest BCUT2D eigenvalue weighted by atomic mass is 10.2. The Hall–Kier alpha value is -1.68. The summed E-state index contributed by atoms with van der Waals surface area (Å²) in [5, 5.41) is 2.73. The fourth-order valence-corrected chi connectivity index (χ4v) is 3.98. The smallest absolute Gasteiger partial charge is 0.248 e. The molecule has 0 unspecified atom stereocenters. The second-order valence-corrected chi connectivity index (χ2v) is 8.56. The Morgan fingerprint density at radius 2 is 1.72 bits per heavy atom. The number of benzene rings is 2. The maximum Gasteiger partial charge on any atom is 0.248 e. The zero-order valence-corrected chi connectivity index (χ0v) is 16.7. The minimum absolute atomic E-state index is 0.244. The van der Waals surface area contributed by atoms with Crippen molar-refractivity contribution in [3.8, 4) is 0 Å². The van der Waals surface area contributed by atoms with Crippen molar-refractivity contribution < 1.29 is 17.6 Å². The number of anilines is 2. The van der Waals surface area contributed by atoms with E-state index in [2.05, 4.69) is 27.9 Å². The molecule has 0 aromatic heterocycles. The third kappa shape index (κ3) is 5.15. The van der Waals surface area contributed by atoms with E-state index < -0.39 is 27.8 Å². The van der Waals surface area contributed by atoms with E-state index in [1.54, 1.807) is 19.1 Å². The first-order valence-electron chi connectivity index (χ1n) is 7.53. The van der Waals surface area contributed by atoms with Crippen LogP contribution in [-0.4, -0.2) is 26.6 Å². The van der Waals surface area contributed by atoms with Crippen LogP contribution in [0.5, 0.6) is 0 Å². The molecule has 25 heavy (non-hydrogen) atoms. The Kier molecular flexibility index (Phi) is 6.39. The molecule has 0 aliphatic carbocycles. The predicted molar refractivity (Wildman–Crippen MR) is 106 cm³/mol. The average molecular weight is 476 g/mol. The largest absolute Gasteiger partial charge is 0.324 e. The second-order valence-electron chi connectivity index (χ2n) is 5.46. The van der Waals surface area contributed by atoms with Gasteiger partial charge in [-0.2, -0.15) is 0 Å². The zero-order chi connectivity index (χ0) is 18.6. The fraction of sp³-hybridized carbons (Fsp3) is 0.235. The van der Waals surface area contributed by atoms with E-state index in [4.69, 9.17) is 0 Å². The van der Waals surface area contributed by atoms with Crippen LogP contribution in [0.1, 0.15) is 13.3 Å². The summed E-state index contributed by atoms with van der Waals surface area (Å²) >= 11 is 2.15. The number of nitrogens with one attached hydrogen (secondary N) is 1. The number of sulfonamides is 1. The molecule has 0 spiro atoms. The Balaban J connectivity index is 2.34. The van der Waals surface area contributed by atoms with Gasteiger partial charge in [-0.05, 0) is 77.5 Å². The molecule has 1 amide bonds. The van der Waals surface area contributed by atoms with Crippen molar-refractivity contribution in [3.63, 3.8) is 0 Å². The van der Waals surface area contributed by atoms with E-state index in [-0.39, 0.29) is 12.1 Å². The highest BCUT2D eigenvalue weighted by Crippen LogP contribution is 2.23. The van der Waals surface area contributed by atoms with Crippen molar-refractivity contribution in [1.82, 2.24) is 0 Å². The van der Waals surface area contributed by atoms with Gasteiger partial charge < -0.3 is 5.32 Å². The Labute approximate surface area is 160 Å². The maximum absolute atomic E-state index is 13.2. The van der Waals surface area contributed by atoms with Crippen LogP contribution in [0.4, 0.5) is 15.8 Å². The Morgan fingerprint density at radius 3 is 2.20 bits per heavy atom. The van der Waals surface area contributed by atoms with Gasteiger partial charge >= 0.3 is 0 Å². The lowest BCUT2D eigenvalue weighted by molar-refractivity contribution is -0.117. The summed E-state index contributed by atoms with van der Waals surface area (Å²) in [7, 11) is -3.74. The van der Waals surface area contributed by atoms with Crippen LogP contribution in [-0.2, 0) is 14.8 Å². The molecule has 0 radical (unpaired) electrons. The lowest BCUT2D eigenvalue weighted by Gasteiger charge is -2.30. The van der Waals surface area contributed by atoms with Crippen molar-refractivity contribution in [1.29, 1.82) is 0 Å². The van der Waals surface area contributed by atoms with Crippen molar-refractivity contribution >= 4 is 49.9 Å². The highest BCUT2D eigenvalue weighted by Gasteiger charge is 2.31. The number of hydrogen-bond donors (Lipinski definition) is 1. The van der Waals surface area contributed by atoms with Gasteiger partial charge in [-0.15, -0.1) is 0 Å². The number of hydrogen-bond acceptors (Lipinski definition) is 3. The second kappa shape index (κ2) is 8.13. The topological polar surface area (TPSA) is 66.5 Å². The number of carbonyl (C=O) groups excluding carboxylic acids is 1. The number of nitrogens with zero attached hydrogens (tertiary/aromatic N) is 1. The van der Waals surface area contributed by atoms with E-state index in [9.17, 15) is 17.6 Å². The van der Waals surface area contributed by atoms with Crippen LogP contribution in [0.15, 0.2) is 48.5 Å². The molecule has 134 valence electrons. The molecule has 2 aromatic rings. The molecule has 1 atom stereocenters. The van der Waals surface area contributed by atoms with E-state index in [1.165, 1.54) is 12.1 Å². The fourth-order valence-electron chi connectivity index (χ4n) is 2.41. The average Bonchev–Trinajstić information content (AvgIpc) is 2.54. The Morgan fingerprint density at radius 1 is 1.16 bits per heavy atom. The van der Waals surface area contributed by atoms with Crippen LogP contribution in [0.3, 0.4) is 0 Å². The molecule has 0 aliphatic heterocycles. The highest BCUT2D eigenvalue weighted by molar-refractivity contribution is 14.1. The Bertz CT molecular complexity index is 839. The number of carbonyl (C=O) groups is 1. The van der Waals surface area contributed by atoms with Gasteiger partial charge in [0.1, 0.15) is 11.9 Å². The summed E-state index contributed by atoms with van der Waals surface area (Å²) in [4.78, 5) is 12.7. The molecular weight excluding hydrogens is 458 g/mol. The first-order chi connectivity index (χ1) is 11.7. The van der Waals surface area contributed by atoms with Crippen LogP contribution >= 0.6 is 22.6 Å². The summed E-state index contributed by atoms with van der Waals surface area (Å²) in [5.74, 6) is -0.924. The number of halogens is 2. The molecule has 1 N–H and O–H groups in total. The predicted octanol–water partition coefficient (Wildman–Crippen LogP) is 3.61. The van der Waals surface area contributed by atoms with Gasteiger partial charge in [-0.25, -0.2) is 12.8 Å². The lowest BCUT2D eigenvalue weighted by Crippen LogP contribution is -2.47. The minimum Gasteiger partial charge on any atom is -0.324 e. The van der Waals surface area contributed by atoms with Gasteiger partial charge in [0.15, 0.2) is 0 Å². The van der Waals surface area contributed by atoms with Gasteiger partial charge in [0.05, 0.1) is 11.9 Å². The van der Waals surface area contributed by atoms with E-state index in [0.717, 1.165) is 26.3 Å². The van der Waals surface area contributed by atoms with Gasteiger partial charge in [-0.1, -0.05) is 6.92 Å². The first kappa shape index (κ1) is 19.6. The van der Waals surface area contributed by atoms with E-state index >= 15 is 0 Å². The van der Waals surface area contributed by atoms with Crippen molar-refractivity contribution in [2.24, 2.45) is 0 Å². The van der Waals surface area contributed by atoms with Crippen molar-refractivity contribution in [3.05, 3.63) is 57.9 Å². The standard InChI is InChI=1S/C17H18FIN2O3S/c1-3-16(17(22)20-14-8-6-13(19)7-9-14)21(25(2,23)24)15-10-4-12(18)5-11-15/h4-11,16H,3H2,1-2H3,(H,20,22)/t16-/m0/s1. The first-order valence-corrected chi connectivity index (χ1v) is 10.5. The third-order valence-electron chi connectivity index (χ3n) is 3.52. The maximum atomic E-state index is 13.2. The summed E-state index contributed by atoms with van der Waals surface area (Å²) in [6, 6.07) is 11.2. The minimum atomic E-state index is -3.74. The SMILES string of the molecule is CC[C@@H](C(=O)Nc1ccc(I)cc1)N(c1ccc(F)cc1)S(C)(=O)=O. The molecule has 0 saturated carbocycles. The molecule has 2 rings (SSSR count). The molecule has 0 aliphatic rings. The molecule has 0 fully saturated rings. The molecule has 0 bridgehead atoms. The summed E-state index contributed by atoms with van der Waals surface area (Å²) < 4.78 is 39.7. The van der Waals surface area contributed by atoms with E-state index in [1.807, 2.05) is 12.1 Å². The van der Waals surface area contributed by atoms with Gasteiger partial charge in [0.2, 0.25) is 15.9 Å². The molecular formula is C17H18FIN2O3S.